The lowest BCUT2D eigenvalue weighted by Gasteiger charge is -2.30. The summed E-state index contributed by atoms with van der Waals surface area (Å²) >= 11 is 0. The molecule has 1 atom stereocenters. The van der Waals surface area contributed by atoms with E-state index >= 15 is 0 Å². The number of unbranched alkanes of at least 4 members (excludes halogenated alkanes) is 1. The first-order valence-corrected chi connectivity index (χ1v) is 21.5. The number of benzene rings is 4. The Morgan fingerprint density at radius 3 is 2.47 bits per heavy atom. The summed E-state index contributed by atoms with van der Waals surface area (Å²) in [6.07, 6.45) is 1.24. The quantitative estimate of drug-likeness (QED) is 0.0699. The monoisotopic (exact) mass is 841 g/mol. The van der Waals surface area contributed by atoms with Crippen LogP contribution in [0.25, 0.3) is 11.0 Å². The highest BCUT2D eigenvalue weighted by Gasteiger charge is 2.33. The first kappa shape index (κ1) is 44.1. The largest absolute Gasteiger partial charge is 0.497 e. The number of amides is 1. The number of hydrogen-bond acceptors (Lipinski definition) is 11. The maximum Gasteiger partial charge on any atom is 0.414 e. The van der Waals surface area contributed by atoms with Crippen LogP contribution in [0.4, 0.5) is 10.5 Å². The molecule has 0 bridgehead atoms. The third-order valence-corrected chi connectivity index (χ3v) is 11.7. The minimum Gasteiger partial charge on any atom is -0.497 e. The fraction of sp³-hybridized carbons (Fsp3) is 0.422. The predicted octanol–water partition coefficient (Wildman–Crippen LogP) is 8.15. The van der Waals surface area contributed by atoms with Crippen molar-refractivity contribution in [2.75, 3.05) is 32.3 Å². The number of esters is 1. The third-order valence-electron chi connectivity index (χ3n) is 10.4. The first-order chi connectivity index (χ1) is 28.6. The molecule has 1 aliphatic heterocycles. The highest BCUT2D eigenvalue weighted by Crippen LogP contribution is 2.37. The van der Waals surface area contributed by atoms with E-state index in [0.29, 0.717) is 31.0 Å². The molecule has 0 fully saturated rings. The summed E-state index contributed by atoms with van der Waals surface area (Å²) in [5, 5.41) is 9.05. The minimum absolute atomic E-state index is 0.0125. The van der Waals surface area contributed by atoms with E-state index in [9.17, 15) is 18.0 Å². The van der Waals surface area contributed by atoms with Crippen LogP contribution in [0.3, 0.4) is 0 Å². The van der Waals surface area contributed by atoms with Crippen LogP contribution < -0.4 is 13.8 Å². The lowest BCUT2D eigenvalue weighted by molar-refractivity contribution is -0.143. The molecule has 0 N–H and O–H groups in total. The second kappa shape index (κ2) is 18.8. The maximum atomic E-state index is 13.5. The molecule has 6 rings (SSSR count). The van der Waals surface area contributed by atoms with Gasteiger partial charge in [-0.3, -0.25) is 9.69 Å². The van der Waals surface area contributed by atoms with Crippen molar-refractivity contribution in [2.24, 2.45) is 0 Å². The molecule has 320 valence electrons. The number of rotatable bonds is 16. The van der Waals surface area contributed by atoms with Crippen LogP contribution >= 0.6 is 0 Å². The maximum absolute atomic E-state index is 13.5. The Morgan fingerprint density at radius 2 is 1.75 bits per heavy atom. The summed E-state index contributed by atoms with van der Waals surface area (Å²) in [6.45, 7) is 13.1. The summed E-state index contributed by atoms with van der Waals surface area (Å²) in [7, 11) is -0.920. The topological polar surface area (TPSA) is 152 Å². The molecule has 14 nitrogen and oxygen atoms in total. The van der Waals surface area contributed by atoms with Gasteiger partial charge in [0.25, 0.3) is 0 Å². The lowest BCUT2D eigenvalue weighted by atomic mass is 9.84. The molecule has 1 amide bonds. The molecule has 4 aromatic carbocycles. The van der Waals surface area contributed by atoms with Crippen molar-refractivity contribution in [3.63, 3.8) is 0 Å². The van der Waals surface area contributed by atoms with Gasteiger partial charge >= 0.3 is 22.4 Å². The Bertz CT molecular complexity index is 2430. The summed E-state index contributed by atoms with van der Waals surface area (Å²) in [5.41, 5.74) is 7.41. The molecule has 0 spiro atoms. The lowest BCUT2D eigenvalue weighted by Crippen LogP contribution is -2.38. The molecule has 2 heterocycles. The van der Waals surface area contributed by atoms with Crippen LogP contribution in [-0.4, -0.2) is 72.8 Å². The van der Waals surface area contributed by atoms with Crippen LogP contribution in [0.1, 0.15) is 91.8 Å². The van der Waals surface area contributed by atoms with Gasteiger partial charge in [-0.2, -0.15) is 12.7 Å². The summed E-state index contributed by atoms with van der Waals surface area (Å²) < 4.78 is 57.8. The number of hydrogen-bond donors (Lipinski definition) is 0. The fourth-order valence-electron chi connectivity index (χ4n) is 7.15. The normalized spacial score (nSPS) is 14.3. The van der Waals surface area contributed by atoms with Crippen molar-refractivity contribution in [1.29, 1.82) is 0 Å². The van der Waals surface area contributed by atoms with E-state index in [4.69, 9.17) is 23.1 Å². The standard InChI is InChI=1S/C45H55N5O9S/c1-9-57-42(51)26-39(38-19-20-40-43(31(38)3)46-47-50(40)22-10-11-23-56-29-32-13-17-37(55-8)18-14-32)33-15-12-30(2)34(24-33)27-49-28-35-25-36(16-21-41(35)59-60(49,53)54)48(7)44(52)58-45(4,5)6/h12-21,24-25,39H,9-11,22-23,26-29H2,1-8H3. The van der Waals surface area contributed by atoms with E-state index in [1.165, 1.54) is 9.21 Å². The van der Waals surface area contributed by atoms with Gasteiger partial charge in [-0.25, -0.2) is 9.48 Å². The third kappa shape index (κ3) is 10.6. The zero-order valence-corrected chi connectivity index (χ0v) is 36.5. The van der Waals surface area contributed by atoms with E-state index in [-0.39, 0.29) is 37.8 Å². The molecule has 1 aliphatic rings. The Balaban J connectivity index is 1.19. The average Bonchev–Trinajstić information content (AvgIpc) is 3.62. The van der Waals surface area contributed by atoms with Crippen LogP contribution in [0, 0.1) is 13.8 Å². The molecule has 0 saturated heterocycles. The predicted molar refractivity (Wildman–Crippen MR) is 228 cm³/mol. The molecule has 0 saturated carbocycles. The van der Waals surface area contributed by atoms with Crippen LogP contribution in [0.15, 0.2) is 72.8 Å². The van der Waals surface area contributed by atoms with Gasteiger partial charge < -0.3 is 23.1 Å². The van der Waals surface area contributed by atoms with Crippen LogP contribution in [-0.2, 0) is 55.6 Å². The Labute approximate surface area is 352 Å². The zero-order valence-electron chi connectivity index (χ0n) is 35.7. The number of methoxy groups -OCH3 is 1. The Kier molecular flexibility index (Phi) is 13.8. The van der Waals surface area contributed by atoms with Gasteiger partial charge in [0.2, 0.25) is 0 Å². The van der Waals surface area contributed by atoms with Crippen LogP contribution in [0.2, 0.25) is 0 Å². The van der Waals surface area contributed by atoms with Gasteiger partial charge in [0, 0.05) is 50.5 Å². The molecule has 15 heteroatoms. The number of anilines is 1. The second-order valence-electron chi connectivity index (χ2n) is 16.0. The Hall–Kier alpha value is -5.51. The van der Waals surface area contributed by atoms with Crippen molar-refractivity contribution in [3.8, 4) is 11.5 Å². The summed E-state index contributed by atoms with van der Waals surface area (Å²) in [5.74, 6) is 0.249. The van der Waals surface area contributed by atoms with Crippen molar-refractivity contribution in [3.05, 3.63) is 112 Å². The van der Waals surface area contributed by atoms with E-state index in [2.05, 4.69) is 10.3 Å². The SMILES string of the molecule is CCOC(=O)CC(c1ccc(C)c(CN2Cc3cc(N(C)C(=O)OC(C)(C)C)ccc3OS2(=O)=O)c1)c1ccc2c(nnn2CCCCOCc2ccc(OC)cc2)c1C. The fourth-order valence-corrected chi connectivity index (χ4v) is 8.24. The smallest absolute Gasteiger partial charge is 0.414 e. The van der Waals surface area contributed by atoms with Crippen molar-refractivity contribution in [2.45, 2.75) is 98.6 Å². The number of nitrogens with zero attached hydrogens (tertiary/aromatic N) is 5. The van der Waals surface area contributed by atoms with Gasteiger partial charge in [-0.15, -0.1) is 5.10 Å². The molecule has 60 heavy (non-hydrogen) atoms. The highest BCUT2D eigenvalue weighted by atomic mass is 32.2. The van der Waals surface area contributed by atoms with E-state index in [1.54, 1.807) is 60.1 Å². The van der Waals surface area contributed by atoms with Gasteiger partial charge in [0.1, 0.15) is 22.6 Å². The molecular formula is C45H55N5O9S. The van der Waals surface area contributed by atoms with Gasteiger partial charge in [0.15, 0.2) is 0 Å². The van der Waals surface area contributed by atoms with Crippen molar-refractivity contribution < 1.29 is 41.1 Å². The molecule has 1 unspecified atom stereocenters. The molecule has 5 aromatic rings. The average molecular weight is 842 g/mol. The molecule has 0 radical (unpaired) electrons. The van der Waals surface area contributed by atoms with Crippen molar-refractivity contribution >= 4 is 39.1 Å². The zero-order chi connectivity index (χ0) is 43.2. The van der Waals surface area contributed by atoms with Gasteiger partial charge in [0.05, 0.1) is 32.3 Å². The number of carbonyl (C=O) groups is 2. The molecule has 0 aliphatic carbocycles. The summed E-state index contributed by atoms with van der Waals surface area (Å²) in [6, 6.07) is 22.6. The number of carbonyl (C=O) groups excluding carboxylic acids is 2. The number of fused-ring (bicyclic) bond motifs is 2. The van der Waals surface area contributed by atoms with E-state index in [0.717, 1.165) is 63.0 Å². The highest BCUT2D eigenvalue weighted by molar-refractivity contribution is 7.84. The van der Waals surface area contributed by atoms with Gasteiger partial charge in [-0.1, -0.05) is 41.6 Å². The Morgan fingerprint density at radius 1 is 0.983 bits per heavy atom. The van der Waals surface area contributed by atoms with Crippen molar-refractivity contribution in [1.82, 2.24) is 19.3 Å². The summed E-state index contributed by atoms with van der Waals surface area (Å²) in [4.78, 5) is 27.3. The van der Waals surface area contributed by atoms with E-state index < -0.39 is 27.9 Å². The molecule has 1 aromatic heterocycles. The number of aryl methyl sites for hydroxylation is 3. The van der Waals surface area contributed by atoms with E-state index in [1.807, 2.05) is 73.1 Å². The molecular weight excluding hydrogens is 787 g/mol. The van der Waals surface area contributed by atoms with Gasteiger partial charge in [-0.05, 0) is 124 Å². The first-order valence-electron chi connectivity index (χ1n) is 20.1. The second-order valence-corrected chi connectivity index (χ2v) is 17.5. The minimum atomic E-state index is -4.17. The number of ether oxygens (including phenoxy) is 4. The van der Waals surface area contributed by atoms with Crippen LogP contribution in [0.5, 0.6) is 11.5 Å². The number of aromatic nitrogens is 3.